The SMILES string of the molecule is CC(C)(C)C(=O)NC=CC(F)(F)C(F)(F)C(F)(F)F. The van der Waals surface area contributed by atoms with Gasteiger partial charge in [-0.1, -0.05) is 20.8 Å². The number of halogens is 7. The molecule has 19 heavy (non-hydrogen) atoms. The third-order valence-electron chi connectivity index (χ3n) is 1.96. The van der Waals surface area contributed by atoms with Gasteiger partial charge >= 0.3 is 18.0 Å². The van der Waals surface area contributed by atoms with Gasteiger partial charge in [-0.25, -0.2) is 0 Å². The van der Waals surface area contributed by atoms with Crippen LogP contribution >= 0.6 is 0 Å². The Morgan fingerprint density at radius 1 is 0.947 bits per heavy atom. The van der Waals surface area contributed by atoms with E-state index in [1.54, 1.807) is 5.32 Å². The van der Waals surface area contributed by atoms with E-state index < -0.39 is 35.4 Å². The van der Waals surface area contributed by atoms with Gasteiger partial charge in [-0.3, -0.25) is 4.79 Å². The van der Waals surface area contributed by atoms with Gasteiger partial charge in [0.2, 0.25) is 5.91 Å². The van der Waals surface area contributed by atoms with Crippen LogP contribution in [0, 0.1) is 5.41 Å². The van der Waals surface area contributed by atoms with E-state index in [2.05, 4.69) is 0 Å². The molecule has 0 bridgehead atoms. The lowest BCUT2D eigenvalue weighted by atomic mass is 9.96. The lowest BCUT2D eigenvalue weighted by Crippen LogP contribution is -2.51. The highest BCUT2D eigenvalue weighted by Crippen LogP contribution is 2.46. The minimum absolute atomic E-state index is 0.0766. The third kappa shape index (κ3) is 4.10. The summed E-state index contributed by atoms with van der Waals surface area (Å²) in [6, 6.07) is 0. The van der Waals surface area contributed by atoms with Crippen molar-refractivity contribution in [3.63, 3.8) is 0 Å². The molecule has 0 aromatic heterocycles. The van der Waals surface area contributed by atoms with Crippen molar-refractivity contribution in [1.29, 1.82) is 0 Å². The number of carbonyl (C=O) groups is 1. The van der Waals surface area contributed by atoms with Crippen LogP contribution in [0.1, 0.15) is 20.8 Å². The zero-order valence-electron chi connectivity index (χ0n) is 10.2. The molecule has 1 N–H and O–H groups in total. The van der Waals surface area contributed by atoms with Crippen molar-refractivity contribution >= 4 is 5.91 Å². The molecule has 0 rings (SSSR count). The summed E-state index contributed by atoms with van der Waals surface area (Å²) in [5.74, 6) is -12.5. The minimum atomic E-state index is -6.39. The van der Waals surface area contributed by atoms with Gasteiger partial charge in [0.15, 0.2) is 0 Å². The van der Waals surface area contributed by atoms with Crippen molar-refractivity contribution in [3.05, 3.63) is 12.3 Å². The summed E-state index contributed by atoms with van der Waals surface area (Å²) in [6.07, 6.45) is -7.01. The molecule has 0 unspecified atom stereocenters. The zero-order valence-corrected chi connectivity index (χ0v) is 10.2. The monoisotopic (exact) mass is 295 g/mol. The Morgan fingerprint density at radius 2 is 1.37 bits per heavy atom. The Bertz CT molecular complexity index is 365. The smallest absolute Gasteiger partial charge is 0.332 e. The number of hydrogen-bond donors (Lipinski definition) is 1. The molecule has 0 saturated heterocycles. The molecule has 2 nitrogen and oxygen atoms in total. The molecule has 9 heteroatoms. The summed E-state index contributed by atoms with van der Waals surface area (Å²) < 4.78 is 85.6. The van der Waals surface area contributed by atoms with Gasteiger partial charge in [0.1, 0.15) is 0 Å². The molecule has 0 atom stereocenters. The van der Waals surface area contributed by atoms with Gasteiger partial charge in [-0.05, 0) is 0 Å². The average Bonchev–Trinajstić information content (AvgIpc) is 2.13. The van der Waals surface area contributed by atoms with Crippen LogP contribution in [0.2, 0.25) is 0 Å². The van der Waals surface area contributed by atoms with Gasteiger partial charge < -0.3 is 5.32 Å². The molecular weight excluding hydrogens is 283 g/mol. The van der Waals surface area contributed by atoms with Crippen LogP contribution in [-0.2, 0) is 4.79 Å². The molecule has 0 saturated carbocycles. The molecule has 1 amide bonds. The molecule has 112 valence electrons. The van der Waals surface area contributed by atoms with E-state index >= 15 is 0 Å². The van der Waals surface area contributed by atoms with Gasteiger partial charge in [-0.15, -0.1) is 0 Å². The molecule has 0 fully saturated rings. The third-order valence-corrected chi connectivity index (χ3v) is 1.96. The van der Waals surface area contributed by atoms with Gasteiger partial charge in [0.25, 0.3) is 0 Å². The van der Waals surface area contributed by atoms with Crippen molar-refractivity contribution in [3.8, 4) is 0 Å². The largest absolute Gasteiger partial charge is 0.460 e. The highest BCUT2D eigenvalue weighted by molar-refractivity contribution is 5.82. The normalized spacial score (nSPS) is 14.8. The summed E-state index contributed by atoms with van der Waals surface area (Å²) >= 11 is 0. The second-order valence-corrected chi connectivity index (χ2v) is 4.75. The molecule has 0 aliphatic carbocycles. The van der Waals surface area contributed by atoms with E-state index in [-0.39, 0.29) is 6.20 Å². The predicted octanol–water partition coefficient (Wildman–Crippen LogP) is 3.50. The average molecular weight is 295 g/mol. The molecular formula is C10H12F7NO. The quantitative estimate of drug-likeness (QED) is 0.793. The maximum absolute atomic E-state index is 12.7. The van der Waals surface area contributed by atoms with E-state index in [0.29, 0.717) is 0 Å². The highest BCUT2D eigenvalue weighted by atomic mass is 19.4. The summed E-state index contributed by atoms with van der Waals surface area (Å²) in [6.45, 7) is 4.20. The standard InChI is InChI=1S/C10H12F7NO/c1-7(2,3)6(19)18-5-4-8(11,12)9(13,14)10(15,16)17/h4-5H,1-3H3,(H,18,19). The number of carbonyl (C=O) groups excluding carboxylic acids is 1. The van der Waals surface area contributed by atoms with Gasteiger partial charge in [0.05, 0.1) is 0 Å². The highest BCUT2D eigenvalue weighted by Gasteiger charge is 2.71. The summed E-state index contributed by atoms with van der Waals surface area (Å²) in [5.41, 5.74) is -1.01. The van der Waals surface area contributed by atoms with E-state index in [0.717, 1.165) is 0 Å². The molecule has 0 heterocycles. The van der Waals surface area contributed by atoms with Crippen LogP contribution in [0.5, 0.6) is 0 Å². The maximum atomic E-state index is 12.7. The maximum Gasteiger partial charge on any atom is 0.460 e. The first-order chi connectivity index (χ1) is 8.13. The summed E-state index contributed by atoms with van der Waals surface area (Å²) in [5, 5.41) is 1.70. The second kappa shape index (κ2) is 5.01. The lowest BCUT2D eigenvalue weighted by Gasteiger charge is -2.25. The topological polar surface area (TPSA) is 29.1 Å². The van der Waals surface area contributed by atoms with E-state index in [1.165, 1.54) is 20.8 Å². The van der Waals surface area contributed by atoms with Crippen molar-refractivity contribution in [2.45, 2.75) is 38.8 Å². The van der Waals surface area contributed by atoms with E-state index in [4.69, 9.17) is 0 Å². The van der Waals surface area contributed by atoms with Crippen LogP contribution < -0.4 is 5.32 Å². The molecule has 0 aliphatic heterocycles. The van der Waals surface area contributed by atoms with E-state index in [9.17, 15) is 35.5 Å². The molecule has 0 radical (unpaired) electrons. The molecule has 0 aromatic rings. The molecule has 0 aliphatic rings. The Morgan fingerprint density at radius 3 is 1.68 bits per heavy atom. The van der Waals surface area contributed by atoms with Crippen molar-refractivity contribution in [2.75, 3.05) is 0 Å². The number of nitrogens with one attached hydrogen (secondary N) is 1. The van der Waals surface area contributed by atoms with Crippen molar-refractivity contribution in [1.82, 2.24) is 5.32 Å². The van der Waals surface area contributed by atoms with Crippen LogP contribution in [0.15, 0.2) is 12.3 Å². The number of hydrogen-bond acceptors (Lipinski definition) is 1. The van der Waals surface area contributed by atoms with Crippen LogP contribution in [0.4, 0.5) is 30.7 Å². The zero-order chi connectivity index (χ0) is 15.7. The fourth-order valence-electron chi connectivity index (χ4n) is 0.732. The molecule has 0 aromatic carbocycles. The molecule has 0 spiro atoms. The fraction of sp³-hybridized carbons (Fsp3) is 0.700. The minimum Gasteiger partial charge on any atom is -0.332 e. The number of allylic oxidation sites excluding steroid dienone is 1. The second-order valence-electron chi connectivity index (χ2n) is 4.75. The summed E-state index contributed by atoms with van der Waals surface area (Å²) in [4.78, 5) is 11.2. The van der Waals surface area contributed by atoms with Crippen LogP contribution in [0.3, 0.4) is 0 Å². The first-order valence-electron chi connectivity index (χ1n) is 4.94. The Labute approximate surface area is 104 Å². The predicted molar refractivity (Wildman–Crippen MR) is 52.7 cm³/mol. The number of rotatable bonds is 3. The van der Waals surface area contributed by atoms with Crippen LogP contribution in [0.25, 0.3) is 0 Å². The van der Waals surface area contributed by atoms with Gasteiger partial charge in [0, 0.05) is 17.7 Å². The summed E-state index contributed by atoms with van der Waals surface area (Å²) in [7, 11) is 0. The van der Waals surface area contributed by atoms with Crippen molar-refractivity contribution < 1.29 is 35.5 Å². The Hall–Kier alpha value is -1.28. The van der Waals surface area contributed by atoms with Crippen molar-refractivity contribution in [2.24, 2.45) is 5.41 Å². The lowest BCUT2D eigenvalue weighted by molar-refractivity contribution is -0.341. The number of amides is 1. The fourth-order valence-corrected chi connectivity index (χ4v) is 0.732. The Kier molecular flexibility index (Phi) is 4.67. The number of alkyl halides is 7. The van der Waals surface area contributed by atoms with Crippen LogP contribution in [-0.4, -0.2) is 23.9 Å². The van der Waals surface area contributed by atoms with E-state index in [1.807, 2.05) is 0 Å². The van der Waals surface area contributed by atoms with Gasteiger partial charge in [-0.2, -0.15) is 30.7 Å². The first-order valence-corrected chi connectivity index (χ1v) is 4.94. The first kappa shape index (κ1) is 17.7. The Balaban J connectivity index is 4.94.